The van der Waals surface area contributed by atoms with Crippen LogP contribution >= 0.6 is 34.5 Å². The van der Waals surface area contributed by atoms with Gasteiger partial charge < -0.3 is 10.1 Å². The van der Waals surface area contributed by atoms with Gasteiger partial charge in [-0.25, -0.2) is 4.98 Å². The van der Waals surface area contributed by atoms with E-state index in [0.717, 1.165) is 16.3 Å². The Morgan fingerprint density at radius 3 is 2.74 bits per heavy atom. The molecule has 31 heavy (non-hydrogen) atoms. The quantitative estimate of drug-likeness (QED) is 0.523. The summed E-state index contributed by atoms with van der Waals surface area (Å²) in [5.74, 6) is -0.0892. The van der Waals surface area contributed by atoms with Crippen molar-refractivity contribution in [3.8, 4) is 17.0 Å². The SMILES string of the molecule is CCC1Oc2ccc(-c3csc(C)n3)cc2N(CC(=O)Nc2ccc(Cl)cc2Cl)C1=O. The summed E-state index contributed by atoms with van der Waals surface area (Å²) in [5, 5.41) is 6.44. The van der Waals surface area contributed by atoms with Crippen LogP contribution in [0.25, 0.3) is 11.3 Å². The van der Waals surface area contributed by atoms with E-state index in [-0.39, 0.29) is 18.4 Å². The number of hydrogen-bond donors (Lipinski definition) is 1. The summed E-state index contributed by atoms with van der Waals surface area (Å²) >= 11 is 13.6. The zero-order chi connectivity index (χ0) is 22.1. The van der Waals surface area contributed by atoms with E-state index in [9.17, 15) is 9.59 Å². The lowest BCUT2D eigenvalue weighted by atomic mass is 10.1. The van der Waals surface area contributed by atoms with Gasteiger partial charge in [-0.05, 0) is 49.7 Å². The number of hydrogen-bond acceptors (Lipinski definition) is 5. The van der Waals surface area contributed by atoms with Crippen molar-refractivity contribution in [3.63, 3.8) is 0 Å². The molecule has 0 saturated carbocycles. The standard InChI is InChI=1S/C22H19Cl2N3O3S/c1-3-19-22(29)27(10-21(28)26-16-6-5-14(23)9-15(16)24)18-8-13(4-7-20(18)30-19)17-11-31-12(2)25-17/h4-9,11,19H,3,10H2,1-2H3,(H,26,28). The van der Waals surface area contributed by atoms with Crippen LogP contribution in [-0.4, -0.2) is 29.4 Å². The summed E-state index contributed by atoms with van der Waals surface area (Å²) < 4.78 is 5.88. The van der Waals surface area contributed by atoms with Crippen LogP contribution in [0.15, 0.2) is 41.8 Å². The number of nitrogens with one attached hydrogen (secondary N) is 1. The Kier molecular flexibility index (Phi) is 6.18. The second-order valence-electron chi connectivity index (χ2n) is 7.05. The van der Waals surface area contributed by atoms with Crippen LogP contribution in [-0.2, 0) is 9.59 Å². The molecule has 0 saturated heterocycles. The van der Waals surface area contributed by atoms with E-state index < -0.39 is 6.10 Å². The number of carbonyl (C=O) groups excluding carboxylic acids is 2. The normalized spacial score (nSPS) is 15.4. The highest BCUT2D eigenvalue weighted by Gasteiger charge is 2.34. The van der Waals surface area contributed by atoms with Gasteiger partial charge >= 0.3 is 0 Å². The number of halogens is 2. The highest BCUT2D eigenvalue weighted by Crippen LogP contribution is 2.38. The molecule has 1 aromatic heterocycles. The molecule has 3 aromatic rings. The van der Waals surface area contributed by atoms with Crippen molar-refractivity contribution in [2.75, 3.05) is 16.8 Å². The van der Waals surface area contributed by atoms with Crippen LogP contribution < -0.4 is 15.0 Å². The molecule has 2 amide bonds. The smallest absolute Gasteiger partial charge is 0.268 e. The van der Waals surface area contributed by atoms with Crippen molar-refractivity contribution < 1.29 is 14.3 Å². The van der Waals surface area contributed by atoms with Crippen molar-refractivity contribution in [3.05, 3.63) is 56.8 Å². The minimum absolute atomic E-state index is 0.176. The lowest BCUT2D eigenvalue weighted by Gasteiger charge is -2.34. The lowest BCUT2D eigenvalue weighted by Crippen LogP contribution is -2.48. The maximum absolute atomic E-state index is 13.0. The molecule has 160 valence electrons. The van der Waals surface area contributed by atoms with Gasteiger partial charge in [0.15, 0.2) is 6.10 Å². The van der Waals surface area contributed by atoms with Gasteiger partial charge in [0.1, 0.15) is 12.3 Å². The van der Waals surface area contributed by atoms with Gasteiger partial charge in [0, 0.05) is 16.0 Å². The molecule has 6 nitrogen and oxygen atoms in total. The molecular weight excluding hydrogens is 457 g/mol. The van der Waals surface area contributed by atoms with E-state index in [4.69, 9.17) is 27.9 Å². The zero-order valence-corrected chi connectivity index (χ0v) is 19.1. The van der Waals surface area contributed by atoms with Crippen LogP contribution in [0, 0.1) is 6.92 Å². The number of aryl methyl sites for hydroxylation is 1. The first-order valence-electron chi connectivity index (χ1n) is 9.65. The molecular formula is C22H19Cl2N3O3S. The van der Waals surface area contributed by atoms with Gasteiger partial charge in [-0.1, -0.05) is 30.1 Å². The Bertz CT molecular complexity index is 1160. The Morgan fingerprint density at radius 1 is 1.26 bits per heavy atom. The highest BCUT2D eigenvalue weighted by molar-refractivity contribution is 7.09. The summed E-state index contributed by atoms with van der Waals surface area (Å²) in [4.78, 5) is 31.8. The number of benzene rings is 2. The lowest BCUT2D eigenvalue weighted by molar-refractivity contribution is -0.128. The average Bonchev–Trinajstić information content (AvgIpc) is 3.18. The summed E-state index contributed by atoms with van der Waals surface area (Å²) in [6, 6.07) is 10.3. The number of fused-ring (bicyclic) bond motifs is 1. The second kappa shape index (κ2) is 8.86. The van der Waals surface area contributed by atoms with Crippen molar-refractivity contribution in [1.29, 1.82) is 0 Å². The molecule has 1 N–H and O–H groups in total. The van der Waals surface area contributed by atoms with E-state index >= 15 is 0 Å². The first kappa shape index (κ1) is 21.6. The van der Waals surface area contributed by atoms with E-state index in [2.05, 4.69) is 10.3 Å². The predicted octanol–water partition coefficient (Wildman–Crippen LogP) is 5.57. The van der Waals surface area contributed by atoms with E-state index in [0.29, 0.717) is 33.6 Å². The first-order chi connectivity index (χ1) is 14.9. The highest BCUT2D eigenvalue weighted by atomic mass is 35.5. The average molecular weight is 476 g/mol. The third-order valence-corrected chi connectivity index (χ3v) is 6.17. The maximum atomic E-state index is 13.0. The van der Waals surface area contributed by atoms with E-state index in [1.807, 2.05) is 37.4 Å². The van der Waals surface area contributed by atoms with Gasteiger partial charge in [0.25, 0.3) is 5.91 Å². The second-order valence-corrected chi connectivity index (χ2v) is 8.95. The molecule has 2 heterocycles. The molecule has 0 bridgehead atoms. The van der Waals surface area contributed by atoms with E-state index in [1.165, 1.54) is 4.90 Å². The number of amides is 2. The van der Waals surface area contributed by atoms with Crippen LogP contribution in [0.4, 0.5) is 11.4 Å². The number of rotatable bonds is 5. The minimum atomic E-state index is -0.646. The Hall–Kier alpha value is -2.61. The third-order valence-electron chi connectivity index (χ3n) is 4.85. The fraction of sp³-hybridized carbons (Fsp3) is 0.227. The number of ether oxygens (including phenoxy) is 1. The van der Waals surface area contributed by atoms with Crippen LogP contribution in [0.5, 0.6) is 5.75 Å². The third kappa shape index (κ3) is 4.54. The molecule has 1 aliphatic heterocycles. The molecule has 0 radical (unpaired) electrons. The summed E-state index contributed by atoms with van der Waals surface area (Å²) in [6.07, 6.45) is -0.154. The number of anilines is 2. The maximum Gasteiger partial charge on any atom is 0.268 e. The first-order valence-corrected chi connectivity index (χ1v) is 11.3. The molecule has 0 spiro atoms. The summed E-state index contributed by atoms with van der Waals surface area (Å²) in [5.41, 5.74) is 2.62. The van der Waals surface area contributed by atoms with Gasteiger partial charge in [-0.3, -0.25) is 14.5 Å². The zero-order valence-electron chi connectivity index (χ0n) is 16.8. The molecule has 0 aliphatic carbocycles. The number of carbonyl (C=O) groups is 2. The fourth-order valence-electron chi connectivity index (χ4n) is 3.32. The number of nitrogens with zero attached hydrogens (tertiary/aromatic N) is 2. The predicted molar refractivity (Wildman–Crippen MR) is 124 cm³/mol. The van der Waals surface area contributed by atoms with Crippen LogP contribution in [0.2, 0.25) is 10.0 Å². The monoisotopic (exact) mass is 475 g/mol. The van der Waals surface area contributed by atoms with E-state index in [1.54, 1.807) is 29.5 Å². The minimum Gasteiger partial charge on any atom is -0.478 e. The fourth-order valence-corrected chi connectivity index (χ4v) is 4.40. The topological polar surface area (TPSA) is 71.5 Å². The van der Waals surface area contributed by atoms with Gasteiger partial charge in [-0.15, -0.1) is 11.3 Å². The Labute approximate surface area is 193 Å². The van der Waals surface area contributed by atoms with Gasteiger partial charge in [-0.2, -0.15) is 0 Å². The molecule has 2 aromatic carbocycles. The van der Waals surface area contributed by atoms with Crippen molar-refractivity contribution in [1.82, 2.24) is 4.98 Å². The number of aromatic nitrogens is 1. The Morgan fingerprint density at radius 2 is 2.06 bits per heavy atom. The summed E-state index contributed by atoms with van der Waals surface area (Å²) in [6.45, 7) is 3.62. The van der Waals surface area contributed by atoms with Gasteiger partial charge in [0.2, 0.25) is 5.91 Å². The van der Waals surface area contributed by atoms with Crippen LogP contribution in [0.1, 0.15) is 18.4 Å². The van der Waals surface area contributed by atoms with Crippen LogP contribution in [0.3, 0.4) is 0 Å². The largest absolute Gasteiger partial charge is 0.478 e. The van der Waals surface area contributed by atoms with Crippen molar-refractivity contribution >= 4 is 57.7 Å². The molecule has 1 atom stereocenters. The molecule has 1 unspecified atom stereocenters. The van der Waals surface area contributed by atoms with Gasteiger partial charge in [0.05, 0.1) is 27.1 Å². The molecule has 0 fully saturated rings. The molecule has 1 aliphatic rings. The molecule has 9 heteroatoms. The number of thiazole rings is 1. The summed E-state index contributed by atoms with van der Waals surface area (Å²) in [7, 11) is 0. The van der Waals surface area contributed by atoms with Crippen molar-refractivity contribution in [2.24, 2.45) is 0 Å². The Balaban J connectivity index is 1.64. The molecule has 4 rings (SSSR count). The van der Waals surface area contributed by atoms with Crippen molar-refractivity contribution in [2.45, 2.75) is 26.4 Å².